The van der Waals surface area contributed by atoms with Crippen molar-refractivity contribution in [3.63, 3.8) is 0 Å². The number of amides is 1. The Balaban J connectivity index is 4.31. The number of aliphatic carboxylic acids is 1. The number of hydrogen-bond acceptors (Lipinski definition) is 2. The highest BCUT2D eigenvalue weighted by molar-refractivity contribution is 5.88. The largest absolute Gasteiger partial charge is 0.481 e. The molecule has 0 saturated heterocycles. The molecule has 96 valence electrons. The third kappa shape index (κ3) is 7.33. The van der Waals surface area contributed by atoms with Gasteiger partial charge in [0.05, 0.1) is 0 Å². The lowest BCUT2D eigenvalue weighted by Gasteiger charge is -2.25. The summed E-state index contributed by atoms with van der Waals surface area (Å²) in [6, 6.07) is 0.0755. The molecular weight excluding hydrogens is 218 g/mol. The van der Waals surface area contributed by atoms with Crippen molar-refractivity contribution in [3.8, 4) is 0 Å². The summed E-state index contributed by atoms with van der Waals surface area (Å²) < 4.78 is 0. The number of carbonyl (C=O) groups excluding carboxylic acids is 1. The zero-order valence-electron chi connectivity index (χ0n) is 10.7. The number of allylic oxidation sites excluding steroid dienone is 3. The Morgan fingerprint density at radius 3 is 2.41 bits per heavy atom. The van der Waals surface area contributed by atoms with Gasteiger partial charge in [0.25, 0.3) is 0 Å². The molecule has 0 rings (SSSR count). The summed E-state index contributed by atoms with van der Waals surface area (Å²) in [6.07, 6.45) is 7.39. The highest BCUT2D eigenvalue weighted by atomic mass is 16.4. The van der Waals surface area contributed by atoms with E-state index in [2.05, 4.69) is 0 Å². The van der Waals surface area contributed by atoms with E-state index in [0.717, 1.165) is 0 Å². The summed E-state index contributed by atoms with van der Waals surface area (Å²) in [5, 5.41) is 8.55. The van der Waals surface area contributed by atoms with E-state index in [-0.39, 0.29) is 18.4 Å². The predicted octanol–water partition coefficient (Wildman–Crippen LogP) is 2.22. The molecule has 0 aliphatic heterocycles. The van der Waals surface area contributed by atoms with Crippen molar-refractivity contribution in [2.75, 3.05) is 6.54 Å². The van der Waals surface area contributed by atoms with Gasteiger partial charge in [-0.1, -0.05) is 18.2 Å². The zero-order valence-corrected chi connectivity index (χ0v) is 10.7. The number of carboxylic acid groups (broad SMARTS) is 1. The summed E-state index contributed by atoms with van der Waals surface area (Å²) in [5.41, 5.74) is 0. The summed E-state index contributed by atoms with van der Waals surface area (Å²) in [7, 11) is 0. The average molecular weight is 239 g/mol. The van der Waals surface area contributed by atoms with Crippen LogP contribution in [0.3, 0.4) is 0 Å². The standard InChI is InChI=1S/C13H21NO3/c1-4-5-6-8-12(15)14(11(2)3)10-7-9-13(16)17/h4-6,8,11H,7,9-10H2,1-3H3,(H,16,17)/b5-4+,8-6+. The van der Waals surface area contributed by atoms with Crippen molar-refractivity contribution >= 4 is 11.9 Å². The fourth-order valence-corrected chi connectivity index (χ4v) is 1.37. The second-order valence-corrected chi connectivity index (χ2v) is 4.01. The van der Waals surface area contributed by atoms with Crippen molar-refractivity contribution in [1.82, 2.24) is 4.90 Å². The molecule has 0 unspecified atom stereocenters. The number of rotatable bonds is 7. The Morgan fingerprint density at radius 2 is 1.94 bits per heavy atom. The molecule has 0 aromatic heterocycles. The minimum atomic E-state index is -0.828. The summed E-state index contributed by atoms with van der Waals surface area (Å²) in [5.74, 6) is -0.908. The Kier molecular flexibility index (Phi) is 7.76. The van der Waals surface area contributed by atoms with E-state index in [1.54, 1.807) is 17.1 Å². The smallest absolute Gasteiger partial charge is 0.303 e. The molecule has 0 spiro atoms. The van der Waals surface area contributed by atoms with E-state index >= 15 is 0 Å². The van der Waals surface area contributed by atoms with Gasteiger partial charge in [-0.2, -0.15) is 0 Å². The zero-order chi connectivity index (χ0) is 13.3. The van der Waals surface area contributed by atoms with Gasteiger partial charge in [-0.3, -0.25) is 9.59 Å². The Morgan fingerprint density at radius 1 is 1.29 bits per heavy atom. The lowest BCUT2D eigenvalue weighted by molar-refractivity contribution is -0.138. The quantitative estimate of drug-likeness (QED) is 0.547. The molecule has 0 fully saturated rings. The van der Waals surface area contributed by atoms with E-state index in [4.69, 9.17) is 5.11 Å². The van der Waals surface area contributed by atoms with Crippen LogP contribution in [0.25, 0.3) is 0 Å². The van der Waals surface area contributed by atoms with E-state index in [9.17, 15) is 9.59 Å². The summed E-state index contributed by atoms with van der Waals surface area (Å²) in [4.78, 5) is 23.9. The molecule has 0 aromatic carbocycles. The molecule has 1 amide bonds. The third-order valence-electron chi connectivity index (χ3n) is 2.24. The molecule has 17 heavy (non-hydrogen) atoms. The van der Waals surface area contributed by atoms with E-state index in [0.29, 0.717) is 13.0 Å². The number of nitrogens with zero attached hydrogens (tertiary/aromatic N) is 1. The van der Waals surface area contributed by atoms with Crippen LogP contribution in [-0.4, -0.2) is 34.5 Å². The first kappa shape index (κ1) is 15.4. The third-order valence-corrected chi connectivity index (χ3v) is 2.24. The van der Waals surface area contributed by atoms with Crippen LogP contribution in [0, 0.1) is 0 Å². The van der Waals surface area contributed by atoms with Gasteiger partial charge >= 0.3 is 5.97 Å². The average Bonchev–Trinajstić information content (AvgIpc) is 2.23. The maximum atomic E-state index is 11.8. The Labute approximate surface area is 103 Å². The van der Waals surface area contributed by atoms with Crippen molar-refractivity contribution < 1.29 is 14.7 Å². The molecule has 0 aliphatic carbocycles. The highest BCUT2D eigenvalue weighted by Crippen LogP contribution is 2.03. The van der Waals surface area contributed by atoms with E-state index in [1.165, 1.54) is 6.08 Å². The van der Waals surface area contributed by atoms with Gasteiger partial charge in [-0.15, -0.1) is 0 Å². The fourth-order valence-electron chi connectivity index (χ4n) is 1.37. The van der Waals surface area contributed by atoms with Gasteiger partial charge in [0.15, 0.2) is 0 Å². The normalized spacial score (nSPS) is 11.5. The minimum absolute atomic E-state index is 0.0755. The molecule has 0 bridgehead atoms. The number of hydrogen-bond donors (Lipinski definition) is 1. The summed E-state index contributed by atoms with van der Waals surface area (Å²) in [6.45, 7) is 6.19. The number of carbonyl (C=O) groups is 2. The van der Waals surface area contributed by atoms with E-state index < -0.39 is 5.97 Å². The van der Waals surface area contributed by atoms with Crippen molar-refractivity contribution in [2.24, 2.45) is 0 Å². The first-order valence-electron chi connectivity index (χ1n) is 5.80. The first-order chi connectivity index (χ1) is 7.99. The molecule has 0 atom stereocenters. The molecule has 0 aliphatic rings. The van der Waals surface area contributed by atoms with Crippen LogP contribution >= 0.6 is 0 Å². The van der Waals surface area contributed by atoms with Crippen molar-refractivity contribution in [1.29, 1.82) is 0 Å². The molecular formula is C13H21NO3. The Bertz CT molecular complexity index is 306. The molecule has 0 saturated carbocycles. The number of carboxylic acids is 1. The SMILES string of the molecule is C/C=C/C=C/C(=O)N(CCCC(=O)O)C(C)C. The second-order valence-electron chi connectivity index (χ2n) is 4.01. The highest BCUT2D eigenvalue weighted by Gasteiger charge is 2.14. The maximum absolute atomic E-state index is 11.8. The topological polar surface area (TPSA) is 57.6 Å². The summed E-state index contributed by atoms with van der Waals surface area (Å²) >= 11 is 0. The molecule has 0 aromatic rings. The molecule has 4 nitrogen and oxygen atoms in total. The first-order valence-corrected chi connectivity index (χ1v) is 5.80. The van der Waals surface area contributed by atoms with Crippen LogP contribution < -0.4 is 0 Å². The molecule has 0 radical (unpaired) electrons. The van der Waals surface area contributed by atoms with Gasteiger partial charge in [0, 0.05) is 25.1 Å². The molecule has 1 N–H and O–H groups in total. The van der Waals surface area contributed by atoms with Crippen molar-refractivity contribution in [2.45, 2.75) is 39.7 Å². The van der Waals surface area contributed by atoms with Gasteiger partial charge in [-0.25, -0.2) is 0 Å². The Hall–Kier alpha value is -1.58. The van der Waals surface area contributed by atoms with Crippen LogP contribution in [0.15, 0.2) is 24.3 Å². The molecule has 0 heterocycles. The monoisotopic (exact) mass is 239 g/mol. The fraction of sp³-hybridized carbons (Fsp3) is 0.538. The van der Waals surface area contributed by atoms with Crippen LogP contribution in [0.2, 0.25) is 0 Å². The predicted molar refractivity (Wildman–Crippen MR) is 67.7 cm³/mol. The lowest BCUT2D eigenvalue weighted by atomic mass is 10.2. The van der Waals surface area contributed by atoms with Crippen LogP contribution in [0.4, 0.5) is 0 Å². The van der Waals surface area contributed by atoms with Crippen LogP contribution in [-0.2, 0) is 9.59 Å². The van der Waals surface area contributed by atoms with Crippen LogP contribution in [0.5, 0.6) is 0 Å². The molecule has 4 heteroatoms. The van der Waals surface area contributed by atoms with Gasteiger partial charge < -0.3 is 10.0 Å². The van der Waals surface area contributed by atoms with Gasteiger partial charge in [0.1, 0.15) is 0 Å². The van der Waals surface area contributed by atoms with Crippen molar-refractivity contribution in [3.05, 3.63) is 24.3 Å². The lowest BCUT2D eigenvalue weighted by Crippen LogP contribution is -2.36. The second kappa shape index (κ2) is 8.56. The van der Waals surface area contributed by atoms with E-state index in [1.807, 2.05) is 26.8 Å². The minimum Gasteiger partial charge on any atom is -0.481 e. The van der Waals surface area contributed by atoms with Crippen LogP contribution in [0.1, 0.15) is 33.6 Å². The van der Waals surface area contributed by atoms with Gasteiger partial charge in [-0.05, 0) is 27.2 Å². The van der Waals surface area contributed by atoms with Gasteiger partial charge in [0.2, 0.25) is 5.91 Å². The maximum Gasteiger partial charge on any atom is 0.303 e.